The first-order chi connectivity index (χ1) is 8.18. The summed E-state index contributed by atoms with van der Waals surface area (Å²) in [6.07, 6.45) is 0. The van der Waals surface area contributed by atoms with E-state index in [0.717, 1.165) is 11.3 Å². The molecule has 0 aliphatic carbocycles. The molecular formula is C16H27NO. The maximum absolute atomic E-state index is 6.32. The molecule has 0 aliphatic heterocycles. The van der Waals surface area contributed by atoms with Crippen LogP contribution in [0.2, 0.25) is 0 Å². The predicted octanol–water partition coefficient (Wildman–Crippen LogP) is 3.96. The highest BCUT2D eigenvalue weighted by atomic mass is 16.5. The Labute approximate surface area is 112 Å². The van der Waals surface area contributed by atoms with Gasteiger partial charge in [-0.05, 0) is 18.3 Å². The molecule has 0 spiro atoms. The van der Waals surface area contributed by atoms with E-state index in [2.05, 4.69) is 53.7 Å². The van der Waals surface area contributed by atoms with Crippen molar-refractivity contribution in [2.75, 3.05) is 7.11 Å². The largest absolute Gasteiger partial charge is 0.496 e. The van der Waals surface area contributed by atoms with Gasteiger partial charge in [-0.2, -0.15) is 0 Å². The van der Waals surface area contributed by atoms with Gasteiger partial charge in [-0.15, -0.1) is 0 Å². The van der Waals surface area contributed by atoms with Crippen LogP contribution in [0.5, 0.6) is 5.75 Å². The molecule has 1 atom stereocenters. The second-order valence-corrected chi connectivity index (χ2v) is 6.45. The highest BCUT2D eigenvalue weighted by Crippen LogP contribution is 2.38. The van der Waals surface area contributed by atoms with Crippen LogP contribution in [0.15, 0.2) is 12.1 Å². The molecule has 1 aromatic rings. The lowest BCUT2D eigenvalue weighted by molar-refractivity contribution is 0.380. The fourth-order valence-corrected chi connectivity index (χ4v) is 2.19. The molecule has 2 nitrogen and oxygen atoms in total. The van der Waals surface area contributed by atoms with Crippen molar-refractivity contribution >= 4 is 0 Å². The Kier molecular flexibility index (Phi) is 4.44. The van der Waals surface area contributed by atoms with Gasteiger partial charge in [-0.3, -0.25) is 0 Å². The molecule has 1 rings (SSSR count). The van der Waals surface area contributed by atoms with Gasteiger partial charge in [-0.25, -0.2) is 0 Å². The SMILES string of the molecule is COc1c(C(N)C(C)C)cc(C)cc1C(C)(C)C. The summed E-state index contributed by atoms with van der Waals surface area (Å²) < 4.78 is 5.65. The molecule has 0 saturated carbocycles. The molecule has 2 N–H and O–H groups in total. The number of ether oxygens (including phenoxy) is 1. The molecule has 0 aromatic heterocycles. The zero-order valence-electron chi connectivity index (χ0n) is 12.8. The van der Waals surface area contributed by atoms with Crippen molar-refractivity contribution < 1.29 is 4.74 Å². The van der Waals surface area contributed by atoms with Gasteiger partial charge in [-0.1, -0.05) is 52.3 Å². The fraction of sp³-hybridized carbons (Fsp3) is 0.625. The van der Waals surface area contributed by atoms with Crippen LogP contribution in [0, 0.1) is 12.8 Å². The van der Waals surface area contributed by atoms with Gasteiger partial charge in [0.2, 0.25) is 0 Å². The van der Waals surface area contributed by atoms with Crippen LogP contribution in [0.3, 0.4) is 0 Å². The third-order valence-electron chi connectivity index (χ3n) is 3.35. The summed E-state index contributed by atoms with van der Waals surface area (Å²) >= 11 is 0. The van der Waals surface area contributed by atoms with E-state index in [4.69, 9.17) is 10.5 Å². The molecular weight excluding hydrogens is 222 g/mol. The average molecular weight is 249 g/mol. The molecule has 18 heavy (non-hydrogen) atoms. The highest BCUT2D eigenvalue weighted by Gasteiger charge is 2.24. The van der Waals surface area contributed by atoms with Crippen molar-refractivity contribution in [3.8, 4) is 5.75 Å². The van der Waals surface area contributed by atoms with E-state index >= 15 is 0 Å². The Balaban J connectivity index is 3.48. The molecule has 0 radical (unpaired) electrons. The minimum atomic E-state index is 0.0148. The Morgan fingerprint density at radius 1 is 1.17 bits per heavy atom. The zero-order valence-corrected chi connectivity index (χ0v) is 12.8. The molecule has 0 saturated heterocycles. The minimum Gasteiger partial charge on any atom is -0.496 e. The van der Waals surface area contributed by atoms with Crippen molar-refractivity contribution in [2.45, 2.75) is 53.0 Å². The van der Waals surface area contributed by atoms with E-state index in [1.807, 2.05) is 0 Å². The Bertz CT molecular complexity index is 416. The lowest BCUT2D eigenvalue weighted by Crippen LogP contribution is -2.21. The number of hydrogen-bond acceptors (Lipinski definition) is 2. The molecule has 1 aromatic carbocycles. The number of hydrogen-bond donors (Lipinski definition) is 1. The van der Waals surface area contributed by atoms with Gasteiger partial charge in [0, 0.05) is 17.2 Å². The maximum Gasteiger partial charge on any atom is 0.127 e. The van der Waals surface area contributed by atoms with E-state index in [-0.39, 0.29) is 11.5 Å². The number of nitrogens with two attached hydrogens (primary N) is 1. The van der Waals surface area contributed by atoms with Gasteiger partial charge < -0.3 is 10.5 Å². The smallest absolute Gasteiger partial charge is 0.127 e. The average Bonchev–Trinajstić information content (AvgIpc) is 2.25. The summed E-state index contributed by atoms with van der Waals surface area (Å²) in [5.41, 5.74) is 9.97. The number of methoxy groups -OCH3 is 1. The van der Waals surface area contributed by atoms with Crippen molar-refractivity contribution in [1.29, 1.82) is 0 Å². The second kappa shape index (κ2) is 5.31. The second-order valence-electron chi connectivity index (χ2n) is 6.45. The number of benzene rings is 1. The van der Waals surface area contributed by atoms with Gasteiger partial charge >= 0.3 is 0 Å². The summed E-state index contributed by atoms with van der Waals surface area (Å²) in [7, 11) is 1.73. The van der Waals surface area contributed by atoms with Crippen LogP contribution >= 0.6 is 0 Å². The highest BCUT2D eigenvalue weighted by molar-refractivity contribution is 5.49. The quantitative estimate of drug-likeness (QED) is 0.880. The molecule has 2 heteroatoms. The topological polar surface area (TPSA) is 35.2 Å². The zero-order chi connectivity index (χ0) is 14.1. The van der Waals surface area contributed by atoms with Gasteiger partial charge in [0.05, 0.1) is 7.11 Å². The van der Waals surface area contributed by atoms with Crippen LogP contribution in [0.1, 0.15) is 57.4 Å². The number of aryl methyl sites for hydroxylation is 1. The normalized spacial score (nSPS) is 13.8. The Hall–Kier alpha value is -1.02. The number of rotatable bonds is 3. The van der Waals surface area contributed by atoms with Gasteiger partial charge in [0.1, 0.15) is 5.75 Å². The fourth-order valence-electron chi connectivity index (χ4n) is 2.19. The minimum absolute atomic E-state index is 0.0148. The summed E-state index contributed by atoms with van der Waals surface area (Å²) in [6.45, 7) is 13.0. The van der Waals surface area contributed by atoms with Crippen molar-refractivity contribution in [1.82, 2.24) is 0 Å². The van der Waals surface area contributed by atoms with Crippen molar-refractivity contribution in [2.24, 2.45) is 11.7 Å². The monoisotopic (exact) mass is 249 g/mol. The molecule has 1 unspecified atom stereocenters. The molecule has 0 amide bonds. The van der Waals surface area contributed by atoms with E-state index in [1.54, 1.807) is 7.11 Å². The van der Waals surface area contributed by atoms with E-state index in [9.17, 15) is 0 Å². The van der Waals surface area contributed by atoms with Crippen LogP contribution in [-0.2, 0) is 5.41 Å². The van der Waals surface area contributed by atoms with E-state index < -0.39 is 0 Å². The first-order valence-electron chi connectivity index (χ1n) is 6.63. The lowest BCUT2D eigenvalue weighted by atomic mass is 9.82. The maximum atomic E-state index is 6.32. The molecule has 102 valence electrons. The van der Waals surface area contributed by atoms with Gasteiger partial charge in [0.25, 0.3) is 0 Å². The van der Waals surface area contributed by atoms with E-state index in [0.29, 0.717) is 5.92 Å². The third kappa shape index (κ3) is 3.05. The van der Waals surface area contributed by atoms with Crippen LogP contribution in [0.25, 0.3) is 0 Å². The van der Waals surface area contributed by atoms with Gasteiger partial charge in [0.15, 0.2) is 0 Å². The van der Waals surface area contributed by atoms with Crippen LogP contribution < -0.4 is 10.5 Å². The predicted molar refractivity (Wildman–Crippen MR) is 78.2 cm³/mol. The van der Waals surface area contributed by atoms with Crippen molar-refractivity contribution in [3.05, 3.63) is 28.8 Å². The summed E-state index contributed by atoms with van der Waals surface area (Å²) in [6, 6.07) is 4.37. The summed E-state index contributed by atoms with van der Waals surface area (Å²) in [5.74, 6) is 1.35. The van der Waals surface area contributed by atoms with Crippen LogP contribution in [-0.4, -0.2) is 7.11 Å². The first-order valence-corrected chi connectivity index (χ1v) is 6.63. The lowest BCUT2D eigenvalue weighted by Gasteiger charge is -2.27. The first kappa shape index (κ1) is 15.0. The summed E-state index contributed by atoms with van der Waals surface area (Å²) in [5, 5.41) is 0. The molecule has 0 bridgehead atoms. The standard InChI is InChI=1S/C16H27NO/c1-10(2)14(17)12-8-11(3)9-13(15(12)18-7)16(4,5)6/h8-10,14H,17H2,1-7H3. The Morgan fingerprint density at radius 2 is 1.72 bits per heavy atom. The van der Waals surface area contributed by atoms with Crippen LogP contribution in [0.4, 0.5) is 0 Å². The third-order valence-corrected chi connectivity index (χ3v) is 3.35. The molecule has 0 heterocycles. The molecule has 0 aliphatic rings. The summed E-state index contributed by atoms with van der Waals surface area (Å²) in [4.78, 5) is 0. The molecule has 0 fully saturated rings. The van der Waals surface area contributed by atoms with E-state index in [1.165, 1.54) is 11.1 Å². The Morgan fingerprint density at radius 3 is 2.11 bits per heavy atom. The van der Waals surface area contributed by atoms with Crippen molar-refractivity contribution in [3.63, 3.8) is 0 Å².